The van der Waals surface area contributed by atoms with Crippen molar-refractivity contribution in [3.05, 3.63) is 54.4 Å². The molecule has 0 saturated carbocycles. The van der Waals surface area contributed by atoms with Gasteiger partial charge in [-0.3, -0.25) is 0 Å². The van der Waals surface area contributed by atoms with Crippen molar-refractivity contribution in [2.45, 2.75) is 52.0 Å². The van der Waals surface area contributed by atoms with Crippen molar-refractivity contribution < 1.29 is 4.57 Å². The number of hydrogen-bond acceptors (Lipinski definition) is 2. The minimum Gasteiger partial charge on any atom is -0.245 e. The summed E-state index contributed by atoms with van der Waals surface area (Å²) in [4.78, 5) is 8.39. The SMILES string of the molecule is CC(C)(C)c1ccc[n+](CC(C)(C)c2ccncn2)c1. The Balaban J connectivity index is 2.26. The molecule has 0 amide bonds. The lowest BCUT2D eigenvalue weighted by atomic mass is 9.87. The molecule has 0 saturated heterocycles. The summed E-state index contributed by atoms with van der Waals surface area (Å²) in [5.41, 5.74) is 2.56. The van der Waals surface area contributed by atoms with Crippen LogP contribution < -0.4 is 4.57 Å². The summed E-state index contributed by atoms with van der Waals surface area (Å²) in [6.45, 7) is 12.0. The van der Waals surface area contributed by atoms with Crippen LogP contribution in [0.1, 0.15) is 45.9 Å². The van der Waals surface area contributed by atoms with E-state index in [1.807, 2.05) is 6.07 Å². The molecule has 0 bridgehead atoms. The Morgan fingerprint density at radius 2 is 1.85 bits per heavy atom. The van der Waals surface area contributed by atoms with Crippen molar-refractivity contribution in [3.63, 3.8) is 0 Å². The summed E-state index contributed by atoms with van der Waals surface area (Å²) in [6, 6.07) is 6.30. The molecule has 106 valence electrons. The number of hydrogen-bond donors (Lipinski definition) is 0. The van der Waals surface area contributed by atoms with Crippen molar-refractivity contribution in [1.82, 2.24) is 9.97 Å². The summed E-state index contributed by atoms with van der Waals surface area (Å²) in [6.07, 6.45) is 7.79. The maximum Gasteiger partial charge on any atom is 0.172 e. The minimum absolute atomic E-state index is 0.0237. The summed E-state index contributed by atoms with van der Waals surface area (Å²) < 4.78 is 2.25. The van der Waals surface area contributed by atoms with Crippen LogP contribution in [0, 0.1) is 0 Å². The predicted molar refractivity (Wildman–Crippen MR) is 80.4 cm³/mol. The largest absolute Gasteiger partial charge is 0.245 e. The minimum atomic E-state index is -0.0237. The maximum atomic E-state index is 4.39. The Labute approximate surface area is 121 Å². The van der Waals surface area contributed by atoms with Crippen molar-refractivity contribution >= 4 is 0 Å². The molecule has 2 aromatic heterocycles. The van der Waals surface area contributed by atoms with Gasteiger partial charge in [0.15, 0.2) is 18.9 Å². The lowest BCUT2D eigenvalue weighted by molar-refractivity contribution is -0.704. The second kappa shape index (κ2) is 5.31. The fraction of sp³-hybridized carbons (Fsp3) is 0.471. The highest BCUT2D eigenvalue weighted by molar-refractivity contribution is 5.16. The van der Waals surface area contributed by atoms with Crippen LogP contribution in [-0.4, -0.2) is 9.97 Å². The molecule has 0 fully saturated rings. The van der Waals surface area contributed by atoms with Crippen molar-refractivity contribution in [2.75, 3.05) is 0 Å². The van der Waals surface area contributed by atoms with Crippen molar-refractivity contribution in [1.29, 1.82) is 0 Å². The smallest absolute Gasteiger partial charge is 0.172 e. The van der Waals surface area contributed by atoms with E-state index in [-0.39, 0.29) is 10.8 Å². The molecule has 2 aromatic rings. The number of nitrogens with zero attached hydrogens (tertiary/aromatic N) is 3. The number of rotatable bonds is 3. The highest BCUT2D eigenvalue weighted by Gasteiger charge is 2.28. The van der Waals surface area contributed by atoms with Gasteiger partial charge in [-0.15, -0.1) is 0 Å². The topological polar surface area (TPSA) is 29.7 Å². The van der Waals surface area contributed by atoms with Gasteiger partial charge in [0.05, 0.1) is 11.1 Å². The predicted octanol–water partition coefficient (Wildman–Crippen LogP) is 3.04. The maximum absolute atomic E-state index is 4.39. The first-order valence-electron chi connectivity index (χ1n) is 7.05. The molecule has 0 aromatic carbocycles. The third-order valence-electron chi connectivity index (χ3n) is 3.58. The zero-order valence-corrected chi connectivity index (χ0v) is 13.1. The molecule has 0 aliphatic rings. The van der Waals surface area contributed by atoms with Crippen molar-refractivity contribution in [2.24, 2.45) is 0 Å². The van der Waals surface area contributed by atoms with Gasteiger partial charge in [0.2, 0.25) is 0 Å². The molecule has 3 nitrogen and oxygen atoms in total. The van der Waals surface area contributed by atoms with Gasteiger partial charge in [0.25, 0.3) is 0 Å². The highest BCUT2D eigenvalue weighted by atomic mass is 15.0. The zero-order valence-electron chi connectivity index (χ0n) is 13.1. The molecule has 3 heteroatoms. The molecule has 0 N–H and O–H groups in total. The van der Waals surface area contributed by atoms with Crippen LogP contribution in [0.4, 0.5) is 0 Å². The van der Waals surface area contributed by atoms with Crippen LogP contribution in [0.2, 0.25) is 0 Å². The molecule has 0 radical (unpaired) electrons. The Morgan fingerprint density at radius 1 is 1.10 bits per heavy atom. The van der Waals surface area contributed by atoms with Gasteiger partial charge in [0, 0.05) is 17.8 Å². The Morgan fingerprint density at radius 3 is 2.45 bits per heavy atom. The molecule has 0 atom stereocenters. The van der Waals surface area contributed by atoms with E-state index in [4.69, 9.17) is 0 Å². The molecular formula is C17H24N3+. The lowest BCUT2D eigenvalue weighted by Gasteiger charge is -2.21. The van der Waals surface area contributed by atoms with E-state index >= 15 is 0 Å². The highest BCUT2D eigenvalue weighted by Crippen LogP contribution is 2.22. The van der Waals surface area contributed by atoms with Gasteiger partial charge in [-0.1, -0.05) is 20.8 Å². The van der Waals surface area contributed by atoms with Gasteiger partial charge in [-0.25, -0.2) is 14.5 Å². The average Bonchev–Trinajstić information content (AvgIpc) is 2.38. The van der Waals surface area contributed by atoms with Crippen LogP contribution in [0.15, 0.2) is 43.1 Å². The Hall–Kier alpha value is -1.77. The number of pyridine rings is 1. The molecule has 0 spiro atoms. The monoisotopic (exact) mass is 270 g/mol. The van der Waals surface area contributed by atoms with E-state index in [2.05, 4.69) is 73.7 Å². The Bertz CT molecular complexity index is 568. The second-order valence-electron chi connectivity index (χ2n) is 6.99. The first-order valence-corrected chi connectivity index (χ1v) is 7.05. The third-order valence-corrected chi connectivity index (χ3v) is 3.58. The fourth-order valence-corrected chi connectivity index (χ4v) is 2.29. The molecule has 2 heterocycles. The lowest BCUT2D eigenvalue weighted by Crippen LogP contribution is -2.44. The summed E-state index contributed by atoms with van der Waals surface area (Å²) in [5.74, 6) is 0. The van der Waals surface area contributed by atoms with E-state index in [0.29, 0.717) is 0 Å². The zero-order chi connectivity index (χ0) is 14.8. The van der Waals surface area contributed by atoms with Gasteiger partial charge in [0.1, 0.15) is 6.33 Å². The van der Waals surface area contributed by atoms with Crippen LogP contribution in [-0.2, 0) is 17.4 Å². The van der Waals surface area contributed by atoms with Gasteiger partial charge >= 0.3 is 0 Å². The summed E-state index contributed by atoms with van der Waals surface area (Å²) >= 11 is 0. The quantitative estimate of drug-likeness (QED) is 0.802. The van der Waals surface area contributed by atoms with Crippen LogP contribution in [0.3, 0.4) is 0 Å². The number of aromatic nitrogens is 3. The van der Waals surface area contributed by atoms with Crippen molar-refractivity contribution in [3.8, 4) is 0 Å². The molecule has 0 aliphatic carbocycles. The van der Waals surface area contributed by atoms with Crippen LogP contribution >= 0.6 is 0 Å². The third kappa shape index (κ3) is 3.41. The molecular weight excluding hydrogens is 246 g/mol. The molecule has 20 heavy (non-hydrogen) atoms. The van der Waals surface area contributed by atoms with E-state index < -0.39 is 0 Å². The van der Waals surface area contributed by atoms with Crippen LogP contribution in [0.25, 0.3) is 0 Å². The fourth-order valence-electron chi connectivity index (χ4n) is 2.29. The first-order chi connectivity index (χ1) is 9.29. The van der Waals surface area contributed by atoms with Gasteiger partial charge < -0.3 is 0 Å². The molecule has 0 unspecified atom stereocenters. The summed E-state index contributed by atoms with van der Waals surface area (Å²) in [7, 11) is 0. The molecule has 2 rings (SSSR count). The summed E-state index contributed by atoms with van der Waals surface area (Å²) in [5, 5.41) is 0. The van der Waals surface area contributed by atoms with Gasteiger partial charge in [-0.05, 0) is 31.4 Å². The van der Waals surface area contributed by atoms with E-state index in [9.17, 15) is 0 Å². The first kappa shape index (κ1) is 14.6. The Kier molecular flexibility index (Phi) is 3.89. The van der Waals surface area contributed by atoms with E-state index in [1.54, 1.807) is 12.5 Å². The van der Waals surface area contributed by atoms with Crippen LogP contribution in [0.5, 0.6) is 0 Å². The standard InChI is InChI=1S/C17H24N3/c1-16(2,3)14-7-6-10-20(11-14)12-17(4,5)15-8-9-18-13-19-15/h6-11,13H,12H2,1-5H3/q+1. The van der Waals surface area contributed by atoms with E-state index in [1.165, 1.54) is 5.56 Å². The van der Waals surface area contributed by atoms with E-state index in [0.717, 1.165) is 12.2 Å². The molecule has 0 aliphatic heterocycles. The second-order valence-corrected chi connectivity index (χ2v) is 6.99. The van der Waals surface area contributed by atoms with Gasteiger partial charge in [-0.2, -0.15) is 0 Å². The normalized spacial score (nSPS) is 12.4. The average molecular weight is 270 g/mol.